The van der Waals surface area contributed by atoms with E-state index in [1.807, 2.05) is 0 Å². The van der Waals surface area contributed by atoms with E-state index in [-0.39, 0.29) is 5.91 Å². The van der Waals surface area contributed by atoms with E-state index in [0.29, 0.717) is 22.6 Å². The van der Waals surface area contributed by atoms with Crippen molar-refractivity contribution in [2.24, 2.45) is 0 Å². The molecule has 1 N–H and O–H groups in total. The van der Waals surface area contributed by atoms with Gasteiger partial charge in [0.05, 0.1) is 7.11 Å². The van der Waals surface area contributed by atoms with Crippen LogP contribution in [0.2, 0.25) is 0 Å². The number of oxazole rings is 1. The molecule has 0 bridgehead atoms. The van der Waals surface area contributed by atoms with Crippen LogP contribution in [0.5, 0.6) is 5.75 Å². The SMILES string of the molecule is COc1cccc(C(=O)Nc2ccc3ncoc3c2)c1. The van der Waals surface area contributed by atoms with Gasteiger partial charge in [-0.25, -0.2) is 4.98 Å². The first-order valence-corrected chi connectivity index (χ1v) is 6.05. The zero-order valence-corrected chi connectivity index (χ0v) is 10.8. The summed E-state index contributed by atoms with van der Waals surface area (Å²) in [6.45, 7) is 0. The average molecular weight is 268 g/mol. The number of nitrogens with zero attached hydrogens (tertiary/aromatic N) is 1. The molecule has 5 nitrogen and oxygen atoms in total. The number of rotatable bonds is 3. The molecule has 0 aliphatic heterocycles. The molecule has 0 radical (unpaired) electrons. The third kappa shape index (κ3) is 2.33. The number of carbonyl (C=O) groups is 1. The van der Waals surface area contributed by atoms with E-state index in [4.69, 9.17) is 9.15 Å². The predicted molar refractivity (Wildman–Crippen MR) is 75.0 cm³/mol. The van der Waals surface area contributed by atoms with E-state index in [9.17, 15) is 4.79 Å². The minimum absolute atomic E-state index is 0.206. The molecule has 0 aliphatic carbocycles. The van der Waals surface area contributed by atoms with Crippen LogP contribution in [0.25, 0.3) is 11.1 Å². The van der Waals surface area contributed by atoms with E-state index in [2.05, 4.69) is 10.3 Å². The molecule has 100 valence electrons. The summed E-state index contributed by atoms with van der Waals surface area (Å²) in [5, 5.41) is 2.81. The summed E-state index contributed by atoms with van der Waals surface area (Å²) in [6, 6.07) is 12.3. The third-order valence-corrected chi connectivity index (χ3v) is 2.92. The van der Waals surface area contributed by atoms with Crippen LogP contribution >= 0.6 is 0 Å². The van der Waals surface area contributed by atoms with Crippen molar-refractivity contribution >= 4 is 22.7 Å². The summed E-state index contributed by atoms with van der Waals surface area (Å²) in [4.78, 5) is 16.2. The molecule has 0 saturated heterocycles. The molecular weight excluding hydrogens is 256 g/mol. The second kappa shape index (κ2) is 5.05. The van der Waals surface area contributed by atoms with Crippen molar-refractivity contribution in [2.45, 2.75) is 0 Å². The Hall–Kier alpha value is -2.82. The van der Waals surface area contributed by atoms with Crippen LogP contribution in [0.15, 0.2) is 53.3 Å². The third-order valence-electron chi connectivity index (χ3n) is 2.92. The van der Waals surface area contributed by atoms with Crippen molar-refractivity contribution < 1.29 is 13.9 Å². The van der Waals surface area contributed by atoms with Gasteiger partial charge in [0.1, 0.15) is 11.3 Å². The van der Waals surface area contributed by atoms with Gasteiger partial charge in [0, 0.05) is 17.3 Å². The van der Waals surface area contributed by atoms with Crippen LogP contribution < -0.4 is 10.1 Å². The van der Waals surface area contributed by atoms with Crippen LogP contribution in [-0.4, -0.2) is 18.0 Å². The molecule has 0 aliphatic rings. The normalized spacial score (nSPS) is 10.4. The van der Waals surface area contributed by atoms with Gasteiger partial charge in [0.15, 0.2) is 12.0 Å². The highest BCUT2D eigenvalue weighted by molar-refractivity contribution is 6.05. The first-order chi connectivity index (χ1) is 9.76. The Bertz CT molecular complexity index is 764. The van der Waals surface area contributed by atoms with Crippen molar-refractivity contribution in [3.05, 3.63) is 54.4 Å². The number of ether oxygens (including phenoxy) is 1. The van der Waals surface area contributed by atoms with Crippen LogP contribution in [0.1, 0.15) is 10.4 Å². The van der Waals surface area contributed by atoms with E-state index in [1.165, 1.54) is 6.39 Å². The molecule has 1 heterocycles. The van der Waals surface area contributed by atoms with Gasteiger partial charge in [-0.2, -0.15) is 0 Å². The lowest BCUT2D eigenvalue weighted by molar-refractivity contribution is 0.102. The summed E-state index contributed by atoms with van der Waals surface area (Å²) < 4.78 is 10.3. The lowest BCUT2D eigenvalue weighted by Gasteiger charge is -2.06. The second-order valence-electron chi connectivity index (χ2n) is 4.22. The Kier molecular flexibility index (Phi) is 3.09. The van der Waals surface area contributed by atoms with Crippen molar-refractivity contribution in [1.29, 1.82) is 0 Å². The lowest BCUT2D eigenvalue weighted by Crippen LogP contribution is -2.11. The topological polar surface area (TPSA) is 64.4 Å². The molecular formula is C15H12N2O3. The molecule has 0 spiro atoms. The number of anilines is 1. The maximum absolute atomic E-state index is 12.1. The summed E-state index contributed by atoms with van der Waals surface area (Å²) in [7, 11) is 1.56. The number of fused-ring (bicyclic) bond motifs is 1. The number of hydrogen-bond donors (Lipinski definition) is 1. The number of methoxy groups -OCH3 is 1. The molecule has 20 heavy (non-hydrogen) atoms. The minimum atomic E-state index is -0.206. The van der Waals surface area contributed by atoms with E-state index in [1.54, 1.807) is 49.6 Å². The highest BCUT2D eigenvalue weighted by Crippen LogP contribution is 2.19. The highest BCUT2D eigenvalue weighted by Gasteiger charge is 2.08. The van der Waals surface area contributed by atoms with Crippen molar-refractivity contribution in [3.8, 4) is 5.75 Å². The van der Waals surface area contributed by atoms with E-state index < -0.39 is 0 Å². The molecule has 1 amide bonds. The van der Waals surface area contributed by atoms with E-state index in [0.717, 1.165) is 5.52 Å². The maximum Gasteiger partial charge on any atom is 0.255 e. The number of benzene rings is 2. The Balaban J connectivity index is 1.83. The lowest BCUT2D eigenvalue weighted by atomic mass is 10.2. The van der Waals surface area contributed by atoms with Crippen LogP contribution in [0.4, 0.5) is 5.69 Å². The Labute approximate surface area is 115 Å². The van der Waals surface area contributed by atoms with Gasteiger partial charge in [-0.05, 0) is 30.3 Å². The highest BCUT2D eigenvalue weighted by atomic mass is 16.5. The van der Waals surface area contributed by atoms with Gasteiger partial charge in [-0.15, -0.1) is 0 Å². The van der Waals surface area contributed by atoms with Gasteiger partial charge in [0.25, 0.3) is 5.91 Å². The van der Waals surface area contributed by atoms with Crippen LogP contribution in [-0.2, 0) is 0 Å². The van der Waals surface area contributed by atoms with Gasteiger partial charge in [-0.1, -0.05) is 6.07 Å². The maximum atomic E-state index is 12.1. The summed E-state index contributed by atoms with van der Waals surface area (Å²) >= 11 is 0. The van der Waals surface area contributed by atoms with Gasteiger partial charge in [0.2, 0.25) is 0 Å². The van der Waals surface area contributed by atoms with Gasteiger partial charge >= 0.3 is 0 Å². The summed E-state index contributed by atoms with van der Waals surface area (Å²) in [5.41, 5.74) is 2.57. The quantitative estimate of drug-likeness (QED) is 0.792. The number of carbonyl (C=O) groups excluding carboxylic acids is 1. The standard InChI is InChI=1S/C15H12N2O3/c1-19-12-4-2-3-10(7-12)15(18)17-11-5-6-13-14(8-11)20-9-16-13/h2-9H,1H3,(H,17,18). The summed E-state index contributed by atoms with van der Waals surface area (Å²) in [6.07, 6.45) is 1.37. The fourth-order valence-corrected chi connectivity index (χ4v) is 1.90. The minimum Gasteiger partial charge on any atom is -0.497 e. The smallest absolute Gasteiger partial charge is 0.255 e. The zero-order valence-electron chi connectivity index (χ0n) is 10.8. The van der Waals surface area contributed by atoms with Gasteiger partial charge < -0.3 is 14.5 Å². The molecule has 3 aromatic rings. The first kappa shape index (κ1) is 12.2. The molecule has 2 aromatic carbocycles. The van der Waals surface area contributed by atoms with Crippen molar-refractivity contribution in [3.63, 3.8) is 0 Å². The van der Waals surface area contributed by atoms with E-state index >= 15 is 0 Å². The predicted octanol–water partition coefficient (Wildman–Crippen LogP) is 3.09. The van der Waals surface area contributed by atoms with Gasteiger partial charge in [-0.3, -0.25) is 4.79 Å². The van der Waals surface area contributed by atoms with Crippen LogP contribution in [0, 0.1) is 0 Å². The number of nitrogens with one attached hydrogen (secondary N) is 1. The largest absolute Gasteiger partial charge is 0.497 e. The second-order valence-corrected chi connectivity index (χ2v) is 4.22. The molecule has 0 unspecified atom stereocenters. The molecule has 0 atom stereocenters. The molecule has 3 rings (SSSR count). The molecule has 1 aromatic heterocycles. The molecule has 0 fully saturated rings. The zero-order chi connectivity index (χ0) is 13.9. The Morgan fingerprint density at radius 2 is 2.15 bits per heavy atom. The average Bonchev–Trinajstić information content (AvgIpc) is 2.95. The summed E-state index contributed by atoms with van der Waals surface area (Å²) in [5.74, 6) is 0.436. The monoisotopic (exact) mass is 268 g/mol. The Morgan fingerprint density at radius 1 is 1.25 bits per heavy atom. The van der Waals surface area contributed by atoms with Crippen molar-refractivity contribution in [1.82, 2.24) is 4.98 Å². The Morgan fingerprint density at radius 3 is 3.00 bits per heavy atom. The molecule has 5 heteroatoms. The number of aromatic nitrogens is 1. The molecule has 0 saturated carbocycles. The van der Waals surface area contributed by atoms with Crippen LogP contribution in [0.3, 0.4) is 0 Å². The fraction of sp³-hybridized carbons (Fsp3) is 0.0667. The van der Waals surface area contributed by atoms with Crippen molar-refractivity contribution in [2.75, 3.05) is 12.4 Å². The number of amides is 1. The number of hydrogen-bond acceptors (Lipinski definition) is 4. The fourth-order valence-electron chi connectivity index (χ4n) is 1.90. The first-order valence-electron chi connectivity index (χ1n) is 6.05.